The standard InChI is InChI=1S/C23H30O2/c1-14-12-17(25)13-16-4-5-19-18(20(14)16)6-7-21(3)22(15(2)24)8-10-23(19,21)11-9-22/h13-14,19H,4-12H2,1-3H3/t14?,19-,21-,22?,23?/m1/s1. The highest BCUT2D eigenvalue weighted by atomic mass is 16.1. The lowest BCUT2D eigenvalue weighted by Gasteiger charge is -2.56. The lowest BCUT2D eigenvalue weighted by Crippen LogP contribution is -2.50. The van der Waals surface area contributed by atoms with Crippen LogP contribution in [0.2, 0.25) is 0 Å². The molecule has 2 heteroatoms. The molecule has 0 heterocycles. The first-order chi connectivity index (χ1) is 11.8. The molecule has 0 aliphatic heterocycles. The third kappa shape index (κ3) is 1.63. The molecular formula is C23H30O2. The number of carbonyl (C=O) groups excluding carboxylic acids is 2. The van der Waals surface area contributed by atoms with Crippen molar-refractivity contribution in [2.75, 3.05) is 0 Å². The van der Waals surface area contributed by atoms with Crippen molar-refractivity contribution in [1.29, 1.82) is 0 Å². The molecule has 5 aliphatic rings. The van der Waals surface area contributed by atoms with E-state index in [1.165, 1.54) is 31.3 Å². The molecule has 0 amide bonds. The molecule has 1 unspecified atom stereocenters. The van der Waals surface area contributed by atoms with Gasteiger partial charge in [-0.15, -0.1) is 0 Å². The van der Waals surface area contributed by atoms with Gasteiger partial charge < -0.3 is 0 Å². The van der Waals surface area contributed by atoms with Crippen LogP contribution >= 0.6 is 0 Å². The Morgan fingerprint density at radius 2 is 1.84 bits per heavy atom. The van der Waals surface area contributed by atoms with Crippen molar-refractivity contribution < 1.29 is 9.59 Å². The van der Waals surface area contributed by atoms with Gasteiger partial charge in [-0.25, -0.2) is 0 Å². The minimum absolute atomic E-state index is 0.0343. The SMILES string of the molecule is CC(=O)C12CCC3(CC1)[C@@H]1CCC4=CC(=O)CC(C)C4=C1CC[C@]23C. The number of rotatable bonds is 1. The highest BCUT2D eigenvalue weighted by molar-refractivity contribution is 5.93. The van der Waals surface area contributed by atoms with E-state index in [-0.39, 0.29) is 10.8 Å². The Hall–Kier alpha value is -1.18. The molecule has 0 spiro atoms. The number of carbonyl (C=O) groups is 2. The minimum Gasteiger partial charge on any atom is -0.299 e. The van der Waals surface area contributed by atoms with Crippen molar-refractivity contribution in [3.63, 3.8) is 0 Å². The fraction of sp³-hybridized carbons (Fsp3) is 0.739. The Kier molecular flexibility index (Phi) is 3.05. The third-order valence-corrected chi connectivity index (χ3v) is 9.54. The normalized spacial score (nSPS) is 48.0. The van der Waals surface area contributed by atoms with E-state index >= 15 is 0 Å². The van der Waals surface area contributed by atoms with Gasteiger partial charge in [0.2, 0.25) is 0 Å². The fourth-order valence-corrected chi connectivity index (χ4v) is 8.41. The van der Waals surface area contributed by atoms with Gasteiger partial charge in [0.15, 0.2) is 5.78 Å². The molecule has 3 atom stereocenters. The molecule has 2 nitrogen and oxygen atoms in total. The Morgan fingerprint density at radius 3 is 2.52 bits per heavy atom. The summed E-state index contributed by atoms with van der Waals surface area (Å²) in [7, 11) is 0. The molecule has 134 valence electrons. The van der Waals surface area contributed by atoms with Crippen molar-refractivity contribution in [2.45, 2.75) is 78.6 Å². The van der Waals surface area contributed by atoms with E-state index in [1.807, 2.05) is 13.0 Å². The van der Waals surface area contributed by atoms with Gasteiger partial charge in [-0.3, -0.25) is 9.59 Å². The molecule has 5 aliphatic carbocycles. The average Bonchev–Trinajstić information content (AvgIpc) is 2.99. The van der Waals surface area contributed by atoms with Crippen LogP contribution in [-0.4, -0.2) is 11.6 Å². The van der Waals surface area contributed by atoms with Crippen molar-refractivity contribution in [3.05, 3.63) is 22.8 Å². The molecule has 0 radical (unpaired) electrons. The molecule has 5 rings (SSSR count). The van der Waals surface area contributed by atoms with Gasteiger partial charge in [-0.1, -0.05) is 19.4 Å². The first-order valence-electron chi connectivity index (χ1n) is 10.3. The summed E-state index contributed by atoms with van der Waals surface area (Å²) < 4.78 is 0. The van der Waals surface area contributed by atoms with E-state index in [4.69, 9.17) is 0 Å². The number of hydrogen-bond acceptors (Lipinski definition) is 2. The van der Waals surface area contributed by atoms with Gasteiger partial charge in [0.1, 0.15) is 5.78 Å². The van der Waals surface area contributed by atoms with Gasteiger partial charge in [-0.05, 0) is 98.2 Å². The number of ketones is 2. The van der Waals surface area contributed by atoms with Crippen LogP contribution in [-0.2, 0) is 9.59 Å². The van der Waals surface area contributed by atoms with E-state index in [9.17, 15) is 9.59 Å². The maximum Gasteiger partial charge on any atom is 0.156 e. The zero-order valence-corrected chi connectivity index (χ0v) is 15.9. The molecule has 25 heavy (non-hydrogen) atoms. The minimum atomic E-state index is -0.0343. The summed E-state index contributed by atoms with van der Waals surface area (Å²) >= 11 is 0. The molecule has 0 aromatic heterocycles. The quantitative estimate of drug-likeness (QED) is 0.660. The van der Waals surface area contributed by atoms with Crippen LogP contribution in [0.1, 0.15) is 78.6 Å². The van der Waals surface area contributed by atoms with Gasteiger partial charge in [0.25, 0.3) is 0 Å². The van der Waals surface area contributed by atoms with Crippen molar-refractivity contribution in [2.24, 2.45) is 28.1 Å². The zero-order chi connectivity index (χ0) is 17.6. The number of fused-ring (bicyclic) bond motifs is 2. The van der Waals surface area contributed by atoms with Crippen LogP contribution in [0.15, 0.2) is 22.8 Å². The summed E-state index contributed by atoms with van der Waals surface area (Å²) in [6.07, 6.45) is 12.0. The first kappa shape index (κ1) is 16.0. The molecule has 0 N–H and O–H groups in total. The van der Waals surface area contributed by atoms with Gasteiger partial charge in [0.05, 0.1) is 0 Å². The van der Waals surface area contributed by atoms with E-state index in [0.717, 1.165) is 25.7 Å². The predicted molar refractivity (Wildman–Crippen MR) is 98.0 cm³/mol. The zero-order valence-electron chi connectivity index (χ0n) is 15.9. The summed E-state index contributed by atoms with van der Waals surface area (Å²) in [6.45, 7) is 6.58. The summed E-state index contributed by atoms with van der Waals surface area (Å²) in [5.41, 5.74) is 5.12. The van der Waals surface area contributed by atoms with Crippen LogP contribution in [0, 0.1) is 28.1 Å². The second kappa shape index (κ2) is 4.75. The summed E-state index contributed by atoms with van der Waals surface area (Å²) in [4.78, 5) is 24.7. The average molecular weight is 338 g/mol. The Balaban J connectivity index is 1.66. The largest absolute Gasteiger partial charge is 0.299 e. The molecule has 3 saturated carbocycles. The first-order valence-corrected chi connectivity index (χ1v) is 10.3. The smallest absolute Gasteiger partial charge is 0.156 e. The van der Waals surface area contributed by atoms with Crippen LogP contribution < -0.4 is 0 Å². The third-order valence-electron chi connectivity index (χ3n) is 9.54. The molecule has 0 saturated heterocycles. The highest BCUT2D eigenvalue weighted by Crippen LogP contribution is 2.80. The van der Waals surface area contributed by atoms with E-state index < -0.39 is 0 Å². The van der Waals surface area contributed by atoms with Gasteiger partial charge in [0, 0.05) is 11.8 Å². The van der Waals surface area contributed by atoms with E-state index in [0.29, 0.717) is 35.2 Å². The molecule has 0 aromatic carbocycles. The van der Waals surface area contributed by atoms with Crippen LogP contribution in [0.3, 0.4) is 0 Å². The summed E-state index contributed by atoms with van der Waals surface area (Å²) in [6, 6.07) is 0. The maximum absolute atomic E-state index is 12.7. The van der Waals surface area contributed by atoms with E-state index in [2.05, 4.69) is 13.8 Å². The van der Waals surface area contributed by atoms with Crippen LogP contribution in [0.5, 0.6) is 0 Å². The molecule has 3 fully saturated rings. The lowest BCUT2D eigenvalue weighted by molar-refractivity contribution is -0.134. The van der Waals surface area contributed by atoms with Gasteiger partial charge >= 0.3 is 0 Å². The molecule has 0 aromatic rings. The number of allylic oxidation sites excluding steroid dienone is 4. The number of Topliss-reactive ketones (excluding diaryl/α,β-unsaturated/α-hetero) is 1. The van der Waals surface area contributed by atoms with Crippen LogP contribution in [0.25, 0.3) is 0 Å². The monoisotopic (exact) mass is 338 g/mol. The lowest BCUT2D eigenvalue weighted by atomic mass is 9.48. The van der Waals surface area contributed by atoms with E-state index in [1.54, 1.807) is 11.1 Å². The maximum atomic E-state index is 12.7. The number of hydrogen-bond donors (Lipinski definition) is 0. The molecular weight excluding hydrogens is 308 g/mol. The van der Waals surface area contributed by atoms with Crippen molar-refractivity contribution >= 4 is 11.6 Å². The second-order valence-electron chi connectivity index (χ2n) is 9.90. The summed E-state index contributed by atoms with van der Waals surface area (Å²) in [5, 5.41) is 0. The Labute approximate surface area is 151 Å². The second-order valence-corrected chi connectivity index (χ2v) is 9.90. The van der Waals surface area contributed by atoms with Crippen molar-refractivity contribution in [3.8, 4) is 0 Å². The Bertz CT molecular complexity index is 744. The Morgan fingerprint density at radius 1 is 1.12 bits per heavy atom. The van der Waals surface area contributed by atoms with Crippen molar-refractivity contribution in [1.82, 2.24) is 0 Å². The van der Waals surface area contributed by atoms with Gasteiger partial charge in [-0.2, -0.15) is 0 Å². The predicted octanol–water partition coefficient (Wildman–Crippen LogP) is 5.18. The van der Waals surface area contributed by atoms with Crippen LogP contribution in [0.4, 0.5) is 0 Å². The fourth-order valence-electron chi connectivity index (χ4n) is 8.41. The molecule has 2 bridgehead atoms. The summed E-state index contributed by atoms with van der Waals surface area (Å²) in [5.74, 6) is 1.84. The highest BCUT2D eigenvalue weighted by Gasteiger charge is 2.74. The topological polar surface area (TPSA) is 34.1 Å².